The van der Waals surface area contributed by atoms with Gasteiger partial charge in [0.25, 0.3) is 0 Å². The molecule has 0 aliphatic rings. The number of fused-ring (bicyclic) bond motifs is 1. The van der Waals surface area contributed by atoms with E-state index in [4.69, 9.17) is 9.62 Å². The van der Waals surface area contributed by atoms with Crippen LogP contribution >= 0.6 is 0 Å². The lowest BCUT2D eigenvalue weighted by Gasteiger charge is -1.96. The standard InChI is InChI=1S/C10H7N7O4/c18-12-5-11-7-2-3-8-13-14-10(16(8)15-7)6-1-4-9(21-6)17(19)20/h1-5,18H,(H,11,12,15). The van der Waals surface area contributed by atoms with Crippen LogP contribution in [0.3, 0.4) is 0 Å². The van der Waals surface area contributed by atoms with Gasteiger partial charge in [-0.1, -0.05) is 0 Å². The van der Waals surface area contributed by atoms with Crippen LogP contribution in [-0.2, 0) is 0 Å². The predicted molar refractivity (Wildman–Crippen MR) is 68.2 cm³/mol. The minimum atomic E-state index is -0.650. The maximum Gasteiger partial charge on any atom is 0.433 e. The molecule has 2 N–H and O–H groups in total. The fraction of sp³-hybridized carbons (Fsp3) is 0. The Morgan fingerprint density at radius 3 is 2.95 bits per heavy atom. The van der Waals surface area contributed by atoms with Gasteiger partial charge in [0.1, 0.15) is 11.3 Å². The van der Waals surface area contributed by atoms with Crippen molar-refractivity contribution >= 4 is 23.7 Å². The van der Waals surface area contributed by atoms with Crippen molar-refractivity contribution in [2.45, 2.75) is 0 Å². The van der Waals surface area contributed by atoms with E-state index in [9.17, 15) is 10.1 Å². The second kappa shape index (κ2) is 4.97. The lowest BCUT2D eigenvalue weighted by atomic mass is 10.4. The molecule has 3 rings (SSSR count). The predicted octanol–water partition coefficient (Wildman–Crippen LogP) is 0.931. The van der Waals surface area contributed by atoms with E-state index in [0.717, 1.165) is 6.34 Å². The van der Waals surface area contributed by atoms with Crippen LogP contribution in [-0.4, -0.2) is 36.3 Å². The number of nitrogens with zero attached hydrogens (tertiary/aromatic N) is 6. The minimum absolute atomic E-state index is 0.156. The third-order valence-corrected chi connectivity index (χ3v) is 2.50. The molecule has 0 atom stereocenters. The first kappa shape index (κ1) is 12.7. The Balaban J connectivity index is 2.09. The van der Waals surface area contributed by atoms with Crippen molar-refractivity contribution in [3.05, 3.63) is 34.4 Å². The monoisotopic (exact) mass is 289 g/mol. The van der Waals surface area contributed by atoms with E-state index in [1.54, 1.807) is 17.6 Å². The summed E-state index contributed by atoms with van der Waals surface area (Å²) in [6, 6.07) is 5.78. The molecule has 0 aliphatic carbocycles. The van der Waals surface area contributed by atoms with E-state index in [1.807, 2.05) is 0 Å². The Morgan fingerprint density at radius 2 is 2.24 bits per heavy atom. The van der Waals surface area contributed by atoms with Gasteiger partial charge < -0.3 is 4.42 Å². The highest BCUT2D eigenvalue weighted by atomic mass is 16.6. The van der Waals surface area contributed by atoms with Gasteiger partial charge in [0.05, 0.1) is 6.07 Å². The quantitative estimate of drug-likeness (QED) is 0.312. The minimum Gasteiger partial charge on any atom is -0.397 e. The van der Waals surface area contributed by atoms with E-state index < -0.39 is 10.8 Å². The van der Waals surface area contributed by atoms with Gasteiger partial charge in [0.15, 0.2) is 17.2 Å². The molecule has 3 heterocycles. The Bertz CT molecular complexity index is 837. The molecule has 0 saturated carbocycles. The Labute approximate surface area is 115 Å². The van der Waals surface area contributed by atoms with Crippen molar-refractivity contribution in [1.82, 2.24) is 25.3 Å². The summed E-state index contributed by atoms with van der Waals surface area (Å²) in [6.45, 7) is 0. The van der Waals surface area contributed by atoms with Gasteiger partial charge in [0, 0.05) is 0 Å². The lowest BCUT2D eigenvalue weighted by Crippen LogP contribution is -2.02. The molecular formula is C10H7N7O4. The number of nitro groups is 1. The Morgan fingerprint density at radius 1 is 1.38 bits per heavy atom. The first-order valence-corrected chi connectivity index (χ1v) is 5.58. The van der Waals surface area contributed by atoms with E-state index in [-0.39, 0.29) is 17.4 Å². The number of nitrogens with one attached hydrogen (secondary N) is 1. The summed E-state index contributed by atoms with van der Waals surface area (Å²) in [5.74, 6) is 0.224. The Kier molecular flexibility index (Phi) is 3.00. The highest BCUT2D eigenvalue weighted by molar-refractivity contribution is 5.59. The van der Waals surface area contributed by atoms with Gasteiger partial charge in [0.2, 0.25) is 5.82 Å². The molecular weight excluding hydrogens is 282 g/mol. The second-order valence-electron chi connectivity index (χ2n) is 3.77. The maximum absolute atomic E-state index is 10.6. The smallest absolute Gasteiger partial charge is 0.397 e. The number of aliphatic imine (C=N–C) groups is 1. The average molecular weight is 289 g/mol. The van der Waals surface area contributed by atoms with Crippen molar-refractivity contribution in [2.75, 3.05) is 0 Å². The lowest BCUT2D eigenvalue weighted by molar-refractivity contribution is -0.401. The number of hydrogen-bond donors (Lipinski definition) is 2. The van der Waals surface area contributed by atoms with E-state index in [2.05, 4.69) is 20.3 Å². The van der Waals surface area contributed by atoms with Crippen LogP contribution in [0.1, 0.15) is 0 Å². The summed E-state index contributed by atoms with van der Waals surface area (Å²) < 4.78 is 6.39. The van der Waals surface area contributed by atoms with Gasteiger partial charge >= 0.3 is 5.88 Å². The van der Waals surface area contributed by atoms with Crippen LogP contribution in [0.5, 0.6) is 0 Å². The molecule has 0 unspecified atom stereocenters. The maximum atomic E-state index is 10.6. The summed E-state index contributed by atoms with van der Waals surface area (Å²) in [7, 11) is 0. The molecule has 11 nitrogen and oxygen atoms in total. The van der Waals surface area contributed by atoms with E-state index in [1.165, 1.54) is 16.6 Å². The van der Waals surface area contributed by atoms with Crippen LogP contribution in [0.15, 0.2) is 33.7 Å². The molecule has 0 saturated heterocycles. The van der Waals surface area contributed by atoms with Gasteiger partial charge in [-0.25, -0.2) is 4.99 Å². The van der Waals surface area contributed by atoms with Crippen LogP contribution in [0.4, 0.5) is 11.7 Å². The first-order valence-electron chi connectivity index (χ1n) is 5.58. The summed E-state index contributed by atoms with van der Waals surface area (Å²) in [4.78, 5) is 13.8. The van der Waals surface area contributed by atoms with Crippen LogP contribution < -0.4 is 5.48 Å². The molecule has 11 heteroatoms. The Hall–Kier alpha value is -3.34. The fourth-order valence-corrected chi connectivity index (χ4v) is 1.64. The summed E-state index contributed by atoms with van der Waals surface area (Å²) in [5, 5.41) is 30.9. The number of hydroxylamine groups is 1. The second-order valence-corrected chi connectivity index (χ2v) is 3.77. The molecule has 0 aromatic carbocycles. The molecule has 0 bridgehead atoms. The topological polar surface area (TPSA) is 144 Å². The highest BCUT2D eigenvalue weighted by Gasteiger charge is 2.18. The van der Waals surface area contributed by atoms with Crippen molar-refractivity contribution in [2.24, 2.45) is 4.99 Å². The number of aromatic nitrogens is 4. The highest BCUT2D eigenvalue weighted by Crippen LogP contribution is 2.25. The third-order valence-electron chi connectivity index (χ3n) is 2.50. The molecule has 3 aromatic heterocycles. The van der Waals surface area contributed by atoms with Crippen molar-refractivity contribution in [1.29, 1.82) is 0 Å². The zero-order valence-corrected chi connectivity index (χ0v) is 10.2. The van der Waals surface area contributed by atoms with Crippen molar-refractivity contribution in [3.8, 4) is 11.6 Å². The van der Waals surface area contributed by atoms with Crippen LogP contribution in [0.25, 0.3) is 17.2 Å². The summed E-state index contributed by atoms with van der Waals surface area (Å²) in [5.41, 5.74) is 2.17. The van der Waals surface area contributed by atoms with Crippen LogP contribution in [0, 0.1) is 10.1 Å². The largest absolute Gasteiger partial charge is 0.433 e. The van der Waals surface area contributed by atoms with Gasteiger partial charge in [-0.3, -0.25) is 20.8 Å². The van der Waals surface area contributed by atoms with Gasteiger partial charge in [-0.15, -0.1) is 15.3 Å². The molecule has 0 fully saturated rings. The van der Waals surface area contributed by atoms with E-state index >= 15 is 0 Å². The van der Waals surface area contributed by atoms with Crippen molar-refractivity contribution in [3.63, 3.8) is 0 Å². The molecule has 21 heavy (non-hydrogen) atoms. The SMILES string of the molecule is O=[N+]([O-])c1ccc(-c2nnc3ccc(N=CNO)nn23)o1. The zero-order chi connectivity index (χ0) is 14.8. The molecule has 0 amide bonds. The molecule has 0 aliphatic heterocycles. The summed E-state index contributed by atoms with van der Waals surface area (Å²) >= 11 is 0. The van der Waals surface area contributed by atoms with Crippen LogP contribution in [0.2, 0.25) is 0 Å². The third kappa shape index (κ3) is 2.28. The van der Waals surface area contributed by atoms with E-state index in [0.29, 0.717) is 5.65 Å². The number of hydrogen-bond acceptors (Lipinski definition) is 8. The zero-order valence-electron chi connectivity index (χ0n) is 10.2. The normalized spacial score (nSPS) is 11.3. The molecule has 0 radical (unpaired) electrons. The summed E-state index contributed by atoms with van der Waals surface area (Å²) in [6.07, 6.45) is 1.04. The first-order chi connectivity index (χ1) is 10.2. The molecule has 0 spiro atoms. The van der Waals surface area contributed by atoms with Gasteiger partial charge in [-0.2, -0.15) is 4.52 Å². The molecule has 3 aromatic rings. The number of rotatable bonds is 4. The molecule has 106 valence electrons. The van der Waals surface area contributed by atoms with Gasteiger partial charge in [-0.05, 0) is 18.2 Å². The van der Waals surface area contributed by atoms with Crippen molar-refractivity contribution < 1.29 is 14.5 Å². The number of furan rings is 1. The fourth-order valence-electron chi connectivity index (χ4n) is 1.64. The average Bonchev–Trinajstić information content (AvgIpc) is 3.10.